The number of benzene rings is 2. The molecule has 0 heterocycles. The first-order valence-corrected chi connectivity index (χ1v) is 6.35. The summed E-state index contributed by atoms with van der Waals surface area (Å²) in [5.74, 6) is 0. The average molecular weight is 296 g/mol. The fourth-order valence-electron chi connectivity index (χ4n) is 2.01. The van der Waals surface area contributed by atoms with Crippen LogP contribution < -0.4 is 0 Å². The van der Waals surface area contributed by atoms with Gasteiger partial charge in [0.05, 0.1) is 12.2 Å². The third-order valence-electron chi connectivity index (χ3n) is 3.16. The summed E-state index contributed by atoms with van der Waals surface area (Å²) in [6, 6.07) is 11.6. The number of alkyl halides is 3. The van der Waals surface area contributed by atoms with Gasteiger partial charge in [0.2, 0.25) is 0 Å². The predicted molar refractivity (Wildman–Crippen MR) is 72.7 cm³/mol. The third kappa shape index (κ3) is 3.83. The summed E-state index contributed by atoms with van der Waals surface area (Å²) in [6.45, 7) is 0.469. The summed E-state index contributed by atoms with van der Waals surface area (Å²) in [5.41, 5.74) is 1.27. The minimum absolute atomic E-state index is 0.419. The summed E-state index contributed by atoms with van der Waals surface area (Å²) in [6.07, 6.45) is -5.32. The van der Waals surface area contributed by atoms with Crippen molar-refractivity contribution in [2.75, 3.05) is 7.11 Å². The van der Waals surface area contributed by atoms with Gasteiger partial charge in [0.1, 0.15) is 6.10 Å². The Labute approximate surface area is 120 Å². The smallest absolute Gasteiger partial charge is 0.384 e. The molecule has 0 aliphatic carbocycles. The Kier molecular flexibility index (Phi) is 4.65. The Morgan fingerprint density at radius 3 is 1.86 bits per heavy atom. The molecule has 21 heavy (non-hydrogen) atoms. The van der Waals surface area contributed by atoms with Gasteiger partial charge in [0.15, 0.2) is 0 Å². The van der Waals surface area contributed by atoms with Crippen LogP contribution in [0, 0.1) is 0 Å². The molecule has 0 radical (unpaired) electrons. The van der Waals surface area contributed by atoms with Crippen LogP contribution in [0.2, 0.25) is 0 Å². The molecule has 0 saturated carbocycles. The second-order valence-corrected chi connectivity index (χ2v) is 4.70. The highest BCUT2D eigenvalue weighted by atomic mass is 19.4. The van der Waals surface area contributed by atoms with E-state index >= 15 is 0 Å². The highest BCUT2D eigenvalue weighted by Gasteiger charge is 2.30. The quantitative estimate of drug-likeness (QED) is 0.926. The van der Waals surface area contributed by atoms with Crippen LogP contribution in [0.4, 0.5) is 13.2 Å². The molecule has 0 bridgehead atoms. The molecule has 0 aliphatic heterocycles. The summed E-state index contributed by atoms with van der Waals surface area (Å²) < 4.78 is 42.4. The molecule has 1 atom stereocenters. The van der Waals surface area contributed by atoms with Crippen molar-refractivity contribution < 1.29 is 23.0 Å². The van der Waals surface area contributed by atoms with Gasteiger partial charge in [-0.25, -0.2) is 0 Å². The minimum Gasteiger partial charge on any atom is -0.384 e. The van der Waals surface area contributed by atoms with E-state index in [4.69, 9.17) is 4.74 Å². The number of hydrogen-bond acceptors (Lipinski definition) is 2. The van der Waals surface area contributed by atoms with Crippen molar-refractivity contribution in [1.29, 1.82) is 0 Å². The molecular formula is C16H15F3O2. The summed E-state index contributed by atoms with van der Waals surface area (Å²) in [4.78, 5) is 0. The summed E-state index contributed by atoms with van der Waals surface area (Å²) >= 11 is 0. The van der Waals surface area contributed by atoms with Crippen molar-refractivity contribution in [2.24, 2.45) is 0 Å². The molecule has 0 amide bonds. The lowest BCUT2D eigenvalue weighted by Gasteiger charge is -2.13. The van der Waals surface area contributed by atoms with Crippen molar-refractivity contribution in [3.05, 3.63) is 70.8 Å². The normalized spacial score (nSPS) is 13.2. The van der Waals surface area contributed by atoms with Crippen LogP contribution >= 0.6 is 0 Å². The molecule has 0 aromatic heterocycles. The Bertz CT molecular complexity index is 574. The molecule has 1 unspecified atom stereocenters. The molecule has 2 aromatic carbocycles. The van der Waals surface area contributed by atoms with Crippen LogP contribution in [0.25, 0.3) is 0 Å². The molecule has 2 aromatic rings. The van der Waals surface area contributed by atoms with Gasteiger partial charge in [-0.1, -0.05) is 36.4 Å². The van der Waals surface area contributed by atoms with Gasteiger partial charge in [0, 0.05) is 7.11 Å². The van der Waals surface area contributed by atoms with Crippen molar-refractivity contribution in [2.45, 2.75) is 18.9 Å². The van der Waals surface area contributed by atoms with Gasteiger partial charge in [0.25, 0.3) is 0 Å². The predicted octanol–water partition coefficient (Wildman–Crippen LogP) is 3.93. The number of ether oxygens (including phenoxy) is 1. The number of rotatable bonds is 4. The van der Waals surface area contributed by atoms with E-state index in [0.29, 0.717) is 17.7 Å². The molecule has 1 N–H and O–H groups in total. The van der Waals surface area contributed by atoms with Crippen molar-refractivity contribution >= 4 is 0 Å². The monoisotopic (exact) mass is 296 g/mol. The Morgan fingerprint density at radius 1 is 0.952 bits per heavy atom. The van der Waals surface area contributed by atoms with Gasteiger partial charge >= 0.3 is 6.18 Å². The molecule has 0 fully saturated rings. The van der Waals surface area contributed by atoms with Crippen LogP contribution in [0.15, 0.2) is 48.5 Å². The van der Waals surface area contributed by atoms with Gasteiger partial charge in [-0.2, -0.15) is 13.2 Å². The first-order valence-electron chi connectivity index (χ1n) is 6.35. The molecule has 2 rings (SSSR count). The standard InChI is InChI=1S/C16H15F3O2/c1-21-10-11-2-4-12(5-3-11)15(20)13-6-8-14(9-7-13)16(17,18)19/h2-9,15,20H,10H2,1H3. The van der Waals surface area contributed by atoms with E-state index in [9.17, 15) is 18.3 Å². The first kappa shape index (κ1) is 15.5. The van der Waals surface area contributed by atoms with E-state index in [0.717, 1.165) is 17.7 Å². The van der Waals surface area contributed by atoms with Crippen LogP contribution in [-0.2, 0) is 17.5 Å². The van der Waals surface area contributed by atoms with Gasteiger partial charge in [-0.05, 0) is 28.8 Å². The fourth-order valence-corrected chi connectivity index (χ4v) is 2.01. The van der Waals surface area contributed by atoms with Crippen LogP contribution in [0.5, 0.6) is 0 Å². The lowest BCUT2D eigenvalue weighted by atomic mass is 9.99. The van der Waals surface area contributed by atoms with Gasteiger partial charge < -0.3 is 9.84 Å². The molecule has 0 saturated heterocycles. The Hall–Kier alpha value is -1.85. The Morgan fingerprint density at radius 2 is 1.43 bits per heavy atom. The van der Waals surface area contributed by atoms with Crippen LogP contribution in [0.1, 0.15) is 28.4 Å². The molecule has 0 aliphatic rings. The fraction of sp³-hybridized carbons (Fsp3) is 0.250. The maximum Gasteiger partial charge on any atom is 0.416 e. The molecule has 0 spiro atoms. The first-order chi connectivity index (χ1) is 9.91. The van der Waals surface area contributed by atoms with Crippen LogP contribution in [-0.4, -0.2) is 12.2 Å². The van der Waals surface area contributed by atoms with E-state index in [2.05, 4.69) is 0 Å². The molecule has 5 heteroatoms. The number of halogens is 3. The van der Waals surface area contributed by atoms with Crippen LogP contribution in [0.3, 0.4) is 0 Å². The van der Waals surface area contributed by atoms with Crippen molar-refractivity contribution in [3.8, 4) is 0 Å². The van der Waals surface area contributed by atoms with E-state index in [-0.39, 0.29) is 0 Å². The summed E-state index contributed by atoms with van der Waals surface area (Å²) in [5, 5.41) is 10.2. The number of aliphatic hydroxyl groups is 1. The second kappa shape index (κ2) is 6.28. The lowest BCUT2D eigenvalue weighted by Crippen LogP contribution is -2.06. The lowest BCUT2D eigenvalue weighted by molar-refractivity contribution is -0.137. The third-order valence-corrected chi connectivity index (χ3v) is 3.16. The average Bonchev–Trinajstić information content (AvgIpc) is 2.47. The molecular weight excluding hydrogens is 281 g/mol. The van der Waals surface area contributed by atoms with Gasteiger partial charge in [-0.15, -0.1) is 0 Å². The topological polar surface area (TPSA) is 29.5 Å². The highest BCUT2D eigenvalue weighted by molar-refractivity contribution is 5.34. The van der Waals surface area contributed by atoms with E-state index < -0.39 is 17.8 Å². The summed E-state index contributed by atoms with van der Waals surface area (Å²) in [7, 11) is 1.59. The molecule has 2 nitrogen and oxygen atoms in total. The van der Waals surface area contributed by atoms with E-state index in [1.807, 2.05) is 12.1 Å². The largest absolute Gasteiger partial charge is 0.416 e. The zero-order valence-corrected chi connectivity index (χ0v) is 11.4. The van der Waals surface area contributed by atoms with Gasteiger partial charge in [-0.3, -0.25) is 0 Å². The molecule has 112 valence electrons. The second-order valence-electron chi connectivity index (χ2n) is 4.70. The SMILES string of the molecule is COCc1ccc(C(O)c2ccc(C(F)(F)F)cc2)cc1. The van der Waals surface area contributed by atoms with E-state index in [1.165, 1.54) is 12.1 Å². The number of hydrogen-bond donors (Lipinski definition) is 1. The number of methoxy groups -OCH3 is 1. The maximum absolute atomic E-state index is 12.5. The Balaban J connectivity index is 2.17. The van der Waals surface area contributed by atoms with Crippen molar-refractivity contribution in [1.82, 2.24) is 0 Å². The van der Waals surface area contributed by atoms with Crippen molar-refractivity contribution in [3.63, 3.8) is 0 Å². The number of aliphatic hydroxyl groups excluding tert-OH is 1. The van der Waals surface area contributed by atoms with E-state index in [1.54, 1.807) is 19.2 Å². The zero-order valence-electron chi connectivity index (χ0n) is 11.4. The highest BCUT2D eigenvalue weighted by Crippen LogP contribution is 2.31. The maximum atomic E-state index is 12.5. The zero-order chi connectivity index (χ0) is 15.5. The minimum atomic E-state index is -4.37.